The second kappa shape index (κ2) is 5.59. The van der Waals surface area contributed by atoms with E-state index in [0.717, 1.165) is 0 Å². The Morgan fingerprint density at radius 2 is 1.14 bits per heavy atom. The fourth-order valence-electron chi connectivity index (χ4n) is 0. The summed E-state index contributed by atoms with van der Waals surface area (Å²) < 4.78 is 30.7. The van der Waals surface area contributed by atoms with Gasteiger partial charge in [0.1, 0.15) is 0 Å². The van der Waals surface area contributed by atoms with Gasteiger partial charge in [-0.2, -0.15) is 0 Å². The van der Waals surface area contributed by atoms with Gasteiger partial charge in [0, 0.05) is 0 Å². The van der Waals surface area contributed by atoms with Gasteiger partial charge >= 0.3 is 68.3 Å². The minimum absolute atomic E-state index is 0. The molecule has 0 spiro atoms. The Morgan fingerprint density at radius 1 is 1.14 bits per heavy atom. The second-order valence-corrected chi connectivity index (χ2v) is 2.67. The first kappa shape index (κ1) is 15.8. The normalized spacial score (nSPS) is 8.43. The van der Waals surface area contributed by atoms with Gasteiger partial charge in [0.25, 0.3) is 0 Å². The Bertz CT molecular complexity index is 57.8. The van der Waals surface area contributed by atoms with Crippen molar-refractivity contribution >= 4 is 52.3 Å². The molecule has 0 heterocycles. The van der Waals surface area contributed by atoms with E-state index in [2.05, 4.69) is 0 Å². The van der Waals surface area contributed by atoms with Crippen LogP contribution in [0.3, 0.4) is 0 Å². The van der Waals surface area contributed by atoms with E-state index in [1.807, 2.05) is 0 Å². The van der Waals surface area contributed by atoms with Crippen molar-refractivity contribution in [2.24, 2.45) is 0 Å². The number of rotatable bonds is 0. The van der Waals surface area contributed by atoms with Gasteiger partial charge in [-0.15, -0.1) is 0 Å². The molecule has 0 atom stereocenters. The van der Waals surface area contributed by atoms with Crippen molar-refractivity contribution in [1.82, 2.24) is 6.15 Å². The molecular formula is H8AsCaNO4. The van der Waals surface area contributed by atoms with Crippen LogP contribution in [-0.2, 0) is 3.74 Å². The number of hydrogen-bond donors (Lipinski definition) is 4. The molecule has 0 aromatic carbocycles. The quantitative estimate of drug-likeness (QED) is 0.313. The molecule has 6 N–H and O–H groups in total. The average Bonchev–Trinajstić information content (AvgIpc) is 0.722. The summed E-state index contributed by atoms with van der Waals surface area (Å²) in [6.07, 6.45) is 0. The Kier molecular flexibility index (Phi) is 12.6. The van der Waals surface area contributed by atoms with Crippen LogP contribution in [0.1, 0.15) is 0 Å². The summed E-state index contributed by atoms with van der Waals surface area (Å²) >= 11 is -5.12. The van der Waals surface area contributed by atoms with Gasteiger partial charge in [-0.05, 0) is 0 Å². The molecule has 0 saturated heterocycles. The van der Waals surface area contributed by atoms with Gasteiger partial charge in [0.05, 0.1) is 0 Å². The summed E-state index contributed by atoms with van der Waals surface area (Å²) in [6.45, 7) is 0. The fraction of sp³-hybridized carbons (Fsp3) is 0. The van der Waals surface area contributed by atoms with Crippen molar-refractivity contribution in [2.75, 3.05) is 0 Å². The zero-order valence-corrected chi connectivity index (χ0v) is 4.78. The summed E-state index contributed by atoms with van der Waals surface area (Å²) in [7, 11) is 0. The summed E-state index contributed by atoms with van der Waals surface area (Å²) in [5.41, 5.74) is 0. The van der Waals surface area contributed by atoms with E-state index < -0.39 is 14.5 Å². The molecule has 0 unspecified atom stereocenters. The van der Waals surface area contributed by atoms with Crippen LogP contribution < -0.4 is 6.15 Å². The minimum atomic E-state index is -5.12. The average molecular weight is 201 g/mol. The molecule has 0 aliphatic rings. The van der Waals surface area contributed by atoms with Gasteiger partial charge < -0.3 is 6.15 Å². The predicted molar refractivity (Wildman–Crippen MR) is 26.7 cm³/mol. The molecule has 7 heavy (non-hydrogen) atoms. The van der Waals surface area contributed by atoms with Gasteiger partial charge in [-0.25, -0.2) is 0 Å². The molecule has 7 heteroatoms. The molecule has 0 aliphatic carbocycles. The Morgan fingerprint density at radius 3 is 1.14 bits per heavy atom. The second-order valence-electron chi connectivity index (χ2n) is 0.513. The first-order valence-corrected chi connectivity index (χ1v) is 4.07. The molecule has 0 radical (unpaired) electrons. The van der Waals surface area contributed by atoms with E-state index in [4.69, 9.17) is 16.0 Å². The predicted octanol–water partition coefficient (Wildman–Crippen LogP) is -2.92. The van der Waals surface area contributed by atoms with Gasteiger partial charge in [-0.1, -0.05) is 0 Å². The van der Waals surface area contributed by atoms with Crippen LogP contribution in [0.4, 0.5) is 0 Å². The van der Waals surface area contributed by atoms with E-state index >= 15 is 0 Å². The standard InChI is InChI=1S/AsH3O4.Ca.H3N.2H/c2-1(3,4)5;;;;/h(H3,2,3,4,5);;1H3;;. The van der Waals surface area contributed by atoms with E-state index in [0.29, 0.717) is 0 Å². The zero-order valence-electron chi connectivity index (χ0n) is 2.90. The van der Waals surface area contributed by atoms with Crippen molar-refractivity contribution < 1.29 is 16.0 Å². The van der Waals surface area contributed by atoms with Crippen molar-refractivity contribution in [2.45, 2.75) is 0 Å². The number of hydrogen-bond acceptors (Lipinski definition) is 2. The van der Waals surface area contributed by atoms with Gasteiger partial charge in [0.2, 0.25) is 0 Å². The summed E-state index contributed by atoms with van der Waals surface area (Å²) in [6, 6.07) is 0. The molecule has 0 fully saturated rings. The van der Waals surface area contributed by atoms with E-state index in [9.17, 15) is 0 Å². The van der Waals surface area contributed by atoms with E-state index in [1.165, 1.54) is 0 Å². The van der Waals surface area contributed by atoms with Crippen LogP contribution in [0.2, 0.25) is 0 Å². The van der Waals surface area contributed by atoms with Crippen LogP contribution >= 0.6 is 0 Å². The fourth-order valence-corrected chi connectivity index (χ4v) is 0. The van der Waals surface area contributed by atoms with Crippen LogP contribution in [-0.4, -0.2) is 64.5 Å². The van der Waals surface area contributed by atoms with Gasteiger partial charge in [-0.3, -0.25) is 0 Å². The molecule has 0 aromatic rings. The molecule has 44 valence electrons. The molecule has 0 rings (SSSR count). The monoisotopic (exact) mass is 201 g/mol. The van der Waals surface area contributed by atoms with Crippen LogP contribution in [0.15, 0.2) is 0 Å². The summed E-state index contributed by atoms with van der Waals surface area (Å²) in [4.78, 5) is 0. The Balaban J connectivity index is -0.0000000800. The van der Waals surface area contributed by atoms with Crippen molar-refractivity contribution in [1.29, 1.82) is 0 Å². The first-order chi connectivity index (χ1) is 2.00. The van der Waals surface area contributed by atoms with Crippen molar-refractivity contribution in [3.05, 3.63) is 0 Å². The molecule has 0 aliphatic heterocycles. The first-order valence-electron chi connectivity index (χ1n) is 0.783. The molecule has 0 saturated carbocycles. The van der Waals surface area contributed by atoms with Crippen LogP contribution in [0.25, 0.3) is 0 Å². The summed E-state index contributed by atoms with van der Waals surface area (Å²) in [5.74, 6) is 0. The maximum absolute atomic E-state index is 8.94. The van der Waals surface area contributed by atoms with Crippen LogP contribution in [0, 0.1) is 0 Å². The maximum atomic E-state index is 8.94. The van der Waals surface area contributed by atoms with Gasteiger partial charge in [0.15, 0.2) is 0 Å². The molecule has 0 aromatic heterocycles. The van der Waals surface area contributed by atoms with Crippen LogP contribution in [0.5, 0.6) is 0 Å². The van der Waals surface area contributed by atoms with E-state index in [-0.39, 0.29) is 43.9 Å². The molecular weight excluding hydrogens is 193 g/mol. The third kappa shape index (κ3) is 104. The topological polar surface area (TPSA) is 113 Å². The zero-order chi connectivity index (χ0) is 4.50. The SMILES string of the molecule is N.O=[As](O)(O)O.[CaH2]. The van der Waals surface area contributed by atoms with Crippen molar-refractivity contribution in [3.8, 4) is 0 Å². The third-order valence-electron chi connectivity index (χ3n) is 0. The van der Waals surface area contributed by atoms with Crippen molar-refractivity contribution in [3.63, 3.8) is 0 Å². The third-order valence-corrected chi connectivity index (χ3v) is 0. The Hall–Kier alpha value is 1.46. The van der Waals surface area contributed by atoms with E-state index in [1.54, 1.807) is 0 Å². The summed E-state index contributed by atoms with van der Waals surface area (Å²) in [5, 5.41) is 0. The molecule has 5 nitrogen and oxygen atoms in total. The molecule has 0 bridgehead atoms. The molecule has 0 amide bonds. The Labute approximate surface area is 73.7 Å².